The van der Waals surface area contributed by atoms with Crippen molar-refractivity contribution in [2.45, 2.75) is 0 Å². The number of rotatable bonds is 6. The van der Waals surface area contributed by atoms with Gasteiger partial charge in [0.1, 0.15) is 6.07 Å². The summed E-state index contributed by atoms with van der Waals surface area (Å²) in [6, 6.07) is 3.69. The Morgan fingerprint density at radius 3 is 3.11 bits per heavy atom. The molecule has 1 N–H and O–H groups in total. The number of ether oxygens (including phenoxy) is 1. The molecule has 0 saturated heterocycles. The maximum absolute atomic E-state index is 11.6. The Hall–Kier alpha value is -2.13. The summed E-state index contributed by atoms with van der Waals surface area (Å²) in [7, 11) is 3.32. The van der Waals surface area contributed by atoms with Crippen molar-refractivity contribution in [1.29, 1.82) is 5.26 Å². The number of hydrogen-bond acceptors (Lipinski definition) is 5. The lowest BCUT2D eigenvalue weighted by Crippen LogP contribution is -2.36. The Morgan fingerprint density at radius 1 is 1.67 bits per heavy atom. The molecule has 6 heteroatoms. The van der Waals surface area contributed by atoms with Gasteiger partial charge in [0.2, 0.25) is 5.91 Å². The van der Waals surface area contributed by atoms with Crippen LogP contribution < -0.4 is 10.2 Å². The summed E-state index contributed by atoms with van der Waals surface area (Å²) in [4.78, 5) is 17.2. The Labute approximate surface area is 106 Å². The average molecular weight is 248 g/mol. The number of nitriles is 1. The van der Waals surface area contributed by atoms with E-state index in [4.69, 9.17) is 10.00 Å². The summed E-state index contributed by atoms with van der Waals surface area (Å²) in [5.74, 6) is -0.123. The van der Waals surface area contributed by atoms with Crippen LogP contribution in [0.5, 0.6) is 0 Å². The number of nitrogens with one attached hydrogen (secondary N) is 1. The second-order valence-corrected chi connectivity index (χ2v) is 3.70. The zero-order valence-corrected chi connectivity index (χ0v) is 10.5. The fourth-order valence-electron chi connectivity index (χ4n) is 1.43. The predicted molar refractivity (Wildman–Crippen MR) is 67.1 cm³/mol. The van der Waals surface area contributed by atoms with E-state index in [2.05, 4.69) is 16.4 Å². The fraction of sp³-hybridized carbons (Fsp3) is 0.417. The molecule has 18 heavy (non-hydrogen) atoms. The zero-order chi connectivity index (χ0) is 13.4. The van der Waals surface area contributed by atoms with E-state index < -0.39 is 0 Å². The van der Waals surface area contributed by atoms with Gasteiger partial charge in [0, 0.05) is 26.9 Å². The smallest absolute Gasteiger partial charge is 0.239 e. The molecule has 0 aliphatic heterocycles. The highest BCUT2D eigenvalue weighted by Crippen LogP contribution is 2.15. The first kappa shape index (κ1) is 13.9. The maximum Gasteiger partial charge on any atom is 0.239 e. The van der Waals surface area contributed by atoms with Crippen LogP contribution in [0.15, 0.2) is 18.5 Å². The molecule has 0 saturated carbocycles. The third-order valence-corrected chi connectivity index (χ3v) is 2.34. The average Bonchev–Trinajstić information content (AvgIpc) is 2.39. The number of aromatic nitrogens is 1. The molecule has 6 nitrogen and oxygen atoms in total. The highest BCUT2D eigenvalue weighted by Gasteiger charge is 2.10. The molecule has 0 unspecified atom stereocenters. The van der Waals surface area contributed by atoms with E-state index in [-0.39, 0.29) is 12.5 Å². The van der Waals surface area contributed by atoms with E-state index in [0.29, 0.717) is 24.4 Å². The van der Waals surface area contributed by atoms with Crippen LogP contribution in [0.3, 0.4) is 0 Å². The summed E-state index contributed by atoms with van der Waals surface area (Å²) < 4.78 is 4.84. The second-order valence-electron chi connectivity index (χ2n) is 3.70. The quantitative estimate of drug-likeness (QED) is 0.725. The normalized spacial score (nSPS) is 9.61. The summed E-state index contributed by atoms with van der Waals surface area (Å²) in [5.41, 5.74) is 1.14. The van der Waals surface area contributed by atoms with Crippen LogP contribution in [0.4, 0.5) is 5.69 Å². The van der Waals surface area contributed by atoms with Gasteiger partial charge in [-0.1, -0.05) is 0 Å². The third kappa shape index (κ3) is 4.03. The molecule has 96 valence electrons. The fourth-order valence-corrected chi connectivity index (χ4v) is 1.43. The van der Waals surface area contributed by atoms with Gasteiger partial charge in [-0.05, 0) is 6.07 Å². The third-order valence-electron chi connectivity index (χ3n) is 2.34. The molecule has 1 aromatic heterocycles. The lowest BCUT2D eigenvalue weighted by molar-refractivity contribution is -0.119. The minimum absolute atomic E-state index is 0.123. The van der Waals surface area contributed by atoms with E-state index in [1.807, 2.05) is 0 Å². The Kier molecular flexibility index (Phi) is 5.61. The highest BCUT2D eigenvalue weighted by atomic mass is 16.5. The van der Waals surface area contributed by atoms with Gasteiger partial charge >= 0.3 is 0 Å². The monoisotopic (exact) mass is 248 g/mol. The molecule has 1 heterocycles. The number of anilines is 1. The molecular formula is C12H16N4O2. The van der Waals surface area contributed by atoms with E-state index in [9.17, 15) is 4.79 Å². The summed E-state index contributed by atoms with van der Waals surface area (Å²) in [6.45, 7) is 1.12. The molecule has 0 fully saturated rings. The van der Waals surface area contributed by atoms with Crippen LogP contribution >= 0.6 is 0 Å². The first-order valence-corrected chi connectivity index (χ1v) is 5.50. The molecule has 1 aromatic rings. The summed E-state index contributed by atoms with van der Waals surface area (Å²) >= 11 is 0. The van der Waals surface area contributed by atoms with Crippen molar-refractivity contribution in [3.8, 4) is 6.07 Å². The lowest BCUT2D eigenvalue weighted by atomic mass is 10.2. The van der Waals surface area contributed by atoms with Crippen molar-refractivity contribution in [1.82, 2.24) is 10.3 Å². The maximum atomic E-state index is 11.6. The van der Waals surface area contributed by atoms with Gasteiger partial charge in [0.25, 0.3) is 0 Å². The van der Waals surface area contributed by atoms with Crippen LogP contribution in [0.2, 0.25) is 0 Å². The molecule has 1 amide bonds. The van der Waals surface area contributed by atoms with Gasteiger partial charge < -0.3 is 15.0 Å². The first-order valence-electron chi connectivity index (χ1n) is 5.50. The van der Waals surface area contributed by atoms with Crippen LogP contribution in [-0.2, 0) is 9.53 Å². The summed E-state index contributed by atoms with van der Waals surface area (Å²) in [6.07, 6.45) is 3.12. The molecule has 0 spiro atoms. The Bertz CT molecular complexity index is 442. The molecule has 0 atom stereocenters. The predicted octanol–water partition coefficient (Wildman–Crippen LogP) is 0.152. The molecule has 0 radical (unpaired) electrons. The van der Waals surface area contributed by atoms with Crippen LogP contribution in [-0.4, -0.2) is 44.7 Å². The molecule has 0 aromatic carbocycles. The minimum Gasteiger partial charge on any atom is -0.383 e. The van der Waals surface area contributed by atoms with Crippen molar-refractivity contribution in [2.24, 2.45) is 0 Å². The standard InChI is InChI=1S/C12H16N4O2/c1-16(9-12(17)15-5-6-18-2)11-8-14-4-3-10(11)7-13/h3-4,8H,5-6,9H2,1-2H3,(H,15,17). The van der Waals surface area contributed by atoms with Crippen LogP contribution in [0.25, 0.3) is 0 Å². The zero-order valence-electron chi connectivity index (χ0n) is 10.5. The highest BCUT2D eigenvalue weighted by molar-refractivity contribution is 5.81. The number of pyridine rings is 1. The van der Waals surface area contributed by atoms with Gasteiger partial charge in [-0.15, -0.1) is 0 Å². The topological polar surface area (TPSA) is 78.2 Å². The van der Waals surface area contributed by atoms with Crippen LogP contribution in [0, 0.1) is 11.3 Å². The number of carbonyl (C=O) groups excluding carboxylic acids is 1. The van der Waals surface area contributed by atoms with Gasteiger partial charge in [0.05, 0.1) is 30.6 Å². The van der Waals surface area contributed by atoms with E-state index >= 15 is 0 Å². The van der Waals surface area contributed by atoms with Gasteiger partial charge in [0.15, 0.2) is 0 Å². The molecule has 1 rings (SSSR count). The number of likely N-dealkylation sites (N-methyl/N-ethyl adjacent to an activating group) is 1. The molecular weight excluding hydrogens is 232 g/mol. The Balaban J connectivity index is 2.57. The summed E-state index contributed by atoms with van der Waals surface area (Å²) in [5, 5.41) is 11.7. The number of nitrogens with zero attached hydrogens (tertiary/aromatic N) is 3. The minimum atomic E-state index is -0.123. The van der Waals surface area contributed by atoms with Crippen molar-refractivity contribution in [3.63, 3.8) is 0 Å². The number of amides is 1. The SMILES string of the molecule is COCCNC(=O)CN(C)c1cnccc1C#N. The van der Waals surface area contributed by atoms with Crippen molar-refractivity contribution in [3.05, 3.63) is 24.0 Å². The molecule has 0 bridgehead atoms. The lowest BCUT2D eigenvalue weighted by Gasteiger charge is -2.19. The van der Waals surface area contributed by atoms with Crippen LogP contribution in [0.1, 0.15) is 5.56 Å². The van der Waals surface area contributed by atoms with E-state index in [1.165, 1.54) is 0 Å². The largest absolute Gasteiger partial charge is 0.383 e. The van der Waals surface area contributed by atoms with Gasteiger partial charge in [-0.25, -0.2) is 0 Å². The number of methoxy groups -OCH3 is 1. The Morgan fingerprint density at radius 2 is 2.44 bits per heavy atom. The second kappa shape index (κ2) is 7.25. The number of hydrogen-bond donors (Lipinski definition) is 1. The number of carbonyl (C=O) groups is 1. The first-order chi connectivity index (χ1) is 8.69. The van der Waals surface area contributed by atoms with Gasteiger partial charge in [-0.3, -0.25) is 9.78 Å². The van der Waals surface area contributed by atoms with Gasteiger partial charge in [-0.2, -0.15) is 5.26 Å². The van der Waals surface area contributed by atoms with Crippen molar-refractivity contribution < 1.29 is 9.53 Å². The molecule has 0 aliphatic carbocycles. The van der Waals surface area contributed by atoms with E-state index in [1.54, 1.807) is 37.5 Å². The molecule has 0 aliphatic rings. The van der Waals surface area contributed by atoms with E-state index in [0.717, 1.165) is 0 Å². The van der Waals surface area contributed by atoms with Crippen molar-refractivity contribution >= 4 is 11.6 Å². The van der Waals surface area contributed by atoms with Crippen molar-refractivity contribution in [2.75, 3.05) is 38.8 Å².